The summed E-state index contributed by atoms with van der Waals surface area (Å²) in [6.45, 7) is 9.87. The second kappa shape index (κ2) is 6.70. The molecule has 20 heavy (non-hydrogen) atoms. The van der Waals surface area contributed by atoms with E-state index in [0.29, 0.717) is 5.92 Å². The molecule has 1 fully saturated rings. The van der Waals surface area contributed by atoms with Crippen molar-refractivity contribution in [2.24, 2.45) is 5.92 Å². The lowest BCUT2D eigenvalue weighted by atomic mass is 9.83. The minimum Gasteiger partial charge on any atom is -0.425 e. The highest BCUT2D eigenvalue weighted by molar-refractivity contribution is 4.94. The first-order valence-electron chi connectivity index (χ1n) is 8.01. The van der Waals surface area contributed by atoms with Crippen molar-refractivity contribution in [1.82, 2.24) is 15.5 Å². The summed E-state index contributed by atoms with van der Waals surface area (Å²) in [6, 6.07) is 0. The van der Waals surface area contributed by atoms with E-state index in [1.54, 1.807) is 0 Å². The molecule has 4 nitrogen and oxygen atoms in total. The van der Waals surface area contributed by atoms with Crippen LogP contribution in [0.4, 0.5) is 0 Å². The van der Waals surface area contributed by atoms with Crippen LogP contribution in [0.3, 0.4) is 0 Å². The van der Waals surface area contributed by atoms with E-state index in [1.807, 2.05) is 0 Å². The fraction of sp³-hybridized carbons (Fsp3) is 0.875. The third kappa shape index (κ3) is 4.89. The predicted octanol–water partition coefficient (Wildman–Crippen LogP) is 3.68. The van der Waals surface area contributed by atoms with Gasteiger partial charge < -0.3 is 9.73 Å². The Morgan fingerprint density at radius 1 is 1.15 bits per heavy atom. The van der Waals surface area contributed by atoms with Gasteiger partial charge in [-0.3, -0.25) is 0 Å². The summed E-state index contributed by atoms with van der Waals surface area (Å²) >= 11 is 0. The van der Waals surface area contributed by atoms with E-state index in [0.717, 1.165) is 37.1 Å². The number of aromatic nitrogens is 2. The van der Waals surface area contributed by atoms with Crippen LogP contribution < -0.4 is 5.32 Å². The van der Waals surface area contributed by atoms with Crippen LogP contribution >= 0.6 is 0 Å². The standard InChI is InChI=1S/C16H29N3O/c1-12-7-9-13(10-8-12)15-19-18-14(20-15)6-5-11-17-16(2,3)4/h12-13,17H,5-11H2,1-4H3. The maximum absolute atomic E-state index is 5.84. The fourth-order valence-electron chi connectivity index (χ4n) is 2.74. The van der Waals surface area contributed by atoms with Crippen molar-refractivity contribution in [2.75, 3.05) is 6.54 Å². The third-order valence-electron chi connectivity index (χ3n) is 4.07. The molecule has 0 saturated heterocycles. The molecule has 0 aliphatic heterocycles. The molecule has 2 rings (SSSR count). The van der Waals surface area contributed by atoms with E-state index in [-0.39, 0.29) is 5.54 Å². The number of hydrogen-bond acceptors (Lipinski definition) is 4. The summed E-state index contributed by atoms with van der Waals surface area (Å²) in [6.07, 6.45) is 6.90. The SMILES string of the molecule is CC1CCC(c2nnc(CCCNC(C)(C)C)o2)CC1. The van der Waals surface area contributed by atoms with Gasteiger partial charge in [0.2, 0.25) is 11.8 Å². The molecule has 1 heterocycles. The first-order valence-corrected chi connectivity index (χ1v) is 8.01. The molecule has 0 bridgehead atoms. The quantitative estimate of drug-likeness (QED) is 0.835. The minimum absolute atomic E-state index is 0.179. The number of hydrogen-bond donors (Lipinski definition) is 1. The summed E-state index contributed by atoms with van der Waals surface area (Å²) in [7, 11) is 0. The van der Waals surface area contributed by atoms with Crippen LogP contribution in [0.25, 0.3) is 0 Å². The minimum atomic E-state index is 0.179. The Morgan fingerprint density at radius 3 is 2.50 bits per heavy atom. The number of nitrogens with one attached hydrogen (secondary N) is 1. The normalized spacial score (nSPS) is 24.0. The van der Waals surface area contributed by atoms with Crippen LogP contribution in [0, 0.1) is 5.92 Å². The van der Waals surface area contributed by atoms with Crippen LogP contribution in [0.5, 0.6) is 0 Å². The summed E-state index contributed by atoms with van der Waals surface area (Å²) < 4.78 is 5.84. The maximum Gasteiger partial charge on any atom is 0.219 e. The number of nitrogens with zero attached hydrogens (tertiary/aromatic N) is 2. The number of rotatable bonds is 5. The first-order chi connectivity index (χ1) is 9.44. The van der Waals surface area contributed by atoms with Crippen LogP contribution in [0.1, 0.15) is 77.5 Å². The van der Waals surface area contributed by atoms with E-state index < -0.39 is 0 Å². The monoisotopic (exact) mass is 279 g/mol. The van der Waals surface area contributed by atoms with Gasteiger partial charge in [0.1, 0.15) is 0 Å². The molecule has 0 amide bonds. The Morgan fingerprint density at radius 2 is 1.85 bits per heavy atom. The van der Waals surface area contributed by atoms with Gasteiger partial charge in [0.05, 0.1) is 0 Å². The first kappa shape index (κ1) is 15.5. The fourth-order valence-corrected chi connectivity index (χ4v) is 2.74. The molecule has 0 unspecified atom stereocenters. The van der Waals surface area contributed by atoms with E-state index in [1.165, 1.54) is 25.7 Å². The van der Waals surface area contributed by atoms with Crippen molar-refractivity contribution in [3.05, 3.63) is 11.8 Å². The molecule has 1 saturated carbocycles. The van der Waals surface area contributed by atoms with Gasteiger partial charge >= 0.3 is 0 Å². The zero-order valence-electron chi connectivity index (χ0n) is 13.4. The third-order valence-corrected chi connectivity index (χ3v) is 4.07. The predicted molar refractivity (Wildman–Crippen MR) is 80.7 cm³/mol. The molecule has 1 aliphatic carbocycles. The summed E-state index contributed by atoms with van der Waals surface area (Å²) in [5.74, 6) is 3.03. The topological polar surface area (TPSA) is 51.0 Å². The molecule has 1 N–H and O–H groups in total. The average molecular weight is 279 g/mol. The second-order valence-corrected chi connectivity index (χ2v) is 7.27. The maximum atomic E-state index is 5.84. The average Bonchev–Trinajstić information content (AvgIpc) is 2.83. The van der Waals surface area contributed by atoms with Gasteiger partial charge in [-0.15, -0.1) is 10.2 Å². The molecule has 0 radical (unpaired) electrons. The Kier molecular flexibility index (Phi) is 5.19. The molecule has 0 aromatic carbocycles. The van der Waals surface area contributed by atoms with E-state index in [9.17, 15) is 0 Å². The van der Waals surface area contributed by atoms with Crippen LogP contribution in [-0.4, -0.2) is 22.3 Å². The highest BCUT2D eigenvalue weighted by Gasteiger charge is 2.24. The molecule has 1 aromatic heterocycles. The summed E-state index contributed by atoms with van der Waals surface area (Å²) in [5.41, 5.74) is 0.179. The van der Waals surface area contributed by atoms with Crippen LogP contribution in [-0.2, 0) is 6.42 Å². The molecule has 1 aliphatic rings. The van der Waals surface area contributed by atoms with Gasteiger partial charge in [-0.05, 0) is 65.3 Å². The summed E-state index contributed by atoms with van der Waals surface area (Å²) in [5, 5.41) is 11.9. The smallest absolute Gasteiger partial charge is 0.219 e. The van der Waals surface area contributed by atoms with Crippen LogP contribution in [0.15, 0.2) is 4.42 Å². The van der Waals surface area contributed by atoms with Gasteiger partial charge in [0.15, 0.2) is 0 Å². The largest absolute Gasteiger partial charge is 0.425 e. The lowest BCUT2D eigenvalue weighted by Crippen LogP contribution is -2.36. The lowest BCUT2D eigenvalue weighted by Gasteiger charge is -2.23. The van der Waals surface area contributed by atoms with Gasteiger partial charge in [-0.1, -0.05) is 6.92 Å². The van der Waals surface area contributed by atoms with Crippen molar-refractivity contribution in [3.63, 3.8) is 0 Å². The summed E-state index contributed by atoms with van der Waals surface area (Å²) in [4.78, 5) is 0. The molecule has 0 atom stereocenters. The van der Waals surface area contributed by atoms with Gasteiger partial charge in [-0.25, -0.2) is 0 Å². The van der Waals surface area contributed by atoms with Crippen molar-refractivity contribution in [2.45, 2.75) is 77.7 Å². The molecule has 4 heteroatoms. The van der Waals surface area contributed by atoms with Crippen molar-refractivity contribution in [3.8, 4) is 0 Å². The molecular weight excluding hydrogens is 250 g/mol. The van der Waals surface area contributed by atoms with Gasteiger partial charge in [-0.2, -0.15) is 0 Å². The van der Waals surface area contributed by atoms with Crippen molar-refractivity contribution in [1.29, 1.82) is 0 Å². The Bertz CT molecular complexity index is 400. The van der Waals surface area contributed by atoms with E-state index in [4.69, 9.17) is 4.42 Å². The number of aryl methyl sites for hydroxylation is 1. The zero-order valence-corrected chi connectivity index (χ0v) is 13.4. The van der Waals surface area contributed by atoms with E-state index >= 15 is 0 Å². The molecule has 114 valence electrons. The molecule has 1 aromatic rings. The zero-order chi connectivity index (χ0) is 14.6. The van der Waals surface area contributed by atoms with Crippen LogP contribution in [0.2, 0.25) is 0 Å². The Hall–Kier alpha value is -0.900. The van der Waals surface area contributed by atoms with Gasteiger partial charge in [0, 0.05) is 17.9 Å². The Balaban J connectivity index is 1.75. The highest BCUT2D eigenvalue weighted by Crippen LogP contribution is 2.34. The highest BCUT2D eigenvalue weighted by atomic mass is 16.4. The Labute approximate surface area is 122 Å². The van der Waals surface area contributed by atoms with Gasteiger partial charge in [0.25, 0.3) is 0 Å². The van der Waals surface area contributed by atoms with Crippen molar-refractivity contribution >= 4 is 0 Å². The van der Waals surface area contributed by atoms with E-state index in [2.05, 4.69) is 43.2 Å². The lowest BCUT2D eigenvalue weighted by molar-refractivity contribution is 0.301. The molecular formula is C16H29N3O. The second-order valence-electron chi connectivity index (χ2n) is 7.27. The molecule has 0 spiro atoms. The van der Waals surface area contributed by atoms with Crippen molar-refractivity contribution < 1.29 is 4.42 Å².